The Bertz CT molecular complexity index is 422. The van der Waals surface area contributed by atoms with Crippen LogP contribution < -0.4 is 14.8 Å². The number of benzene rings is 1. The predicted octanol–water partition coefficient (Wildman–Crippen LogP) is 1.57. The van der Waals surface area contributed by atoms with Crippen LogP contribution in [0.15, 0.2) is 18.2 Å². The number of aliphatic hydroxyl groups excluding tert-OH is 1. The molecule has 1 aromatic carbocycles. The number of methoxy groups -OCH3 is 1. The van der Waals surface area contributed by atoms with E-state index in [2.05, 4.69) is 11.2 Å². The third-order valence-electron chi connectivity index (χ3n) is 2.85. The molecule has 0 amide bonds. The van der Waals surface area contributed by atoms with Crippen LogP contribution in [0.5, 0.6) is 11.5 Å². The Kier molecular flexibility index (Phi) is 6.80. The number of rotatable bonds is 8. The van der Waals surface area contributed by atoms with Gasteiger partial charge in [0.1, 0.15) is 6.61 Å². The smallest absolute Gasteiger partial charge is 0.162 e. The molecule has 0 fully saturated rings. The molecule has 4 nitrogen and oxygen atoms in total. The zero-order valence-electron chi connectivity index (χ0n) is 11.5. The van der Waals surface area contributed by atoms with Crippen molar-refractivity contribution >= 4 is 0 Å². The van der Waals surface area contributed by atoms with Crippen molar-refractivity contribution in [2.75, 3.05) is 20.3 Å². The van der Waals surface area contributed by atoms with E-state index in [1.807, 2.05) is 25.1 Å². The molecule has 0 saturated heterocycles. The van der Waals surface area contributed by atoms with Gasteiger partial charge in [-0.05, 0) is 24.1 Å². The van der Waals surface area contributed by atoms with Crippen molar-refractivity contribution < 1.29 is 14.6 Å². The van der Waals surface area contributed by atoms with Crippen LogP contribution in [-0.4, -0.2) is 31.5 Å². The Balaban J connectivity index is 2.68. The van der Waals surface area contributed by atoms with Crippen LogP contribution in [0.2, 0.25) is 0 Å². The summed E-state index contributed by atoms with van der Waals surface area (Å²) in [5.41, 5.74) is 1.07. The van der Waals surface area contributed by atoms with Gasteiger partial charge >= 0.3 is 0 Å². The average Bonchev–Trinajstić information content (AvgIpc) is 2.46. The van der Waals surface area contributed by atoms with Gasteiger partial charge in [0.05, 0.1) is 13.7 Å². The van der Waals surface area contributed by atoms with Crippen molar-refractivity contribution in [2.45, 2.75) is 25.9 Å². The Morgan fingerprint density at radius 1 is 1.42 bits per heavy atom. The minimum atomic E-state index is 0.114. The largest absolute Gasteiger partial charge is 0.493 e. The van der Waals surface area contributed by atoms with E-state index in [4.69, 9.17) is 21.0 Å². The normalized spacial score (nSPS) is 11.7. The molecule has 0 aliphatic heterocycles. The van der Waals surface area contributed by atoms with Gasteiger partial charge in [-0.1, -0.05) is 18.9 Å². The molecule has 0 heterocycles. The summed E-state index contributed by atoms with van der Waals surface area (Å²) in [6.07, 6.45) is 6.05. The molecule has 0 aromatic heterocycles. The van der Waals surface area contributed by atoms with Gasteiger partial charge in [-0.3, -0.25) is 0 Å². The van der Waals surface area contributed by atoms with E-state index in [1.54, 1.807) is 7.11 Å². The highest BCUT2D eigenvalue weighted by molar-refractivity contribution is 5.43. The molecule has 1 rings (SSSR count). The third kappa shape index (κ3) is 4.82. The van der Waals surface area contributed by atoms with Crippen LogP contribution in [0.4, 0.5) is 0 Å². The zero-order valence-corrected chi connectivity index (χ0v) is 11.5. The number of hydrogen-bond donors (Lipinski definition) is 2. The van der Waals surface area contributed by atoms with Crippen LogP contribution in [0.3, 0.4) is 0 Å². The van der Waals surface area contributed by atoms with Gasteiger partial charge in [0.15, 0.2) is 11.5 Å². The van der Waals surface area contributed by atoms with Crippen molar-refractivity contribution in [1.29, 1.82) is 0 Å². The van der Waals surface area contributed by atoms with Crippen LogP contribution in [0, 0.1) is 12.3 Å². The van der Waals surface area contributed by atoms with Gasteiger partial charge in [0, 0.05) is 12.6 Å². The molecule has 0 aliphatic rings. The summed E-state index contributed by atoms with van der Waals surface area (Å²) in [4.78, 5) is 0. The number of hydrogen-bond acceptors (Lipinski definition) is 4. The lowest BCUT2D eigenvalue weighted by molar-refractivity contribution is 0.238. The monoisotopic (exact) mass is 263 g/mol. The lowest BCUT2D eigenvalue weighted by atomic mass is 10.1. The molecule has 1 atom stereocenters. The van der Waals surface area contributed by atoms with Gasteiger partial charge in [-0.2, -0.15) is 0 Å². The third-order valence-corrected chi connectivity index (χ3v) is 2.85. The van der Waals surface area contributed by atoms with Crippen LogP contribution in [-0.2, 0) is 6.54 Å². The molecule has 1 unspecified atom stereocenters. The van der Waals surface area contributed by atoms with E-state index in [1.165, 1.54) is 0 Å². The van der Waals surface area contributed by atoms with E-state index in [0.717, 1.165) is 12.0 Å². The fourth-order valence-electron chi connectivity index (χ4n) is 1.66. The maximum absolute atomic E-state index is 9.12. The zero-order chi connectivity index (χ0) is 14.1. The first-order valence-electron chi connectivity index (χ1n) is 6.32. The summed E-state index contributed by atoms with van der Waals surface area (Å²) in [6, 6.07) is 5.81. The predicted molar refractivity (Wildman–Crippen MR) is 75.3 cm³/mol. The number of aliphatic hydroxyl groups is 1. The van der Waals surface area contributed by atoms with Gasteiger partial charge in [-0.15, -0.1) is 6.42 Å². The highest BCUT2D eigenvalue weighted by atomic mass is 16.5. The summed E-state index contributed by atoms with van der Waals surface area (Å²) in [6.45, 7) is 3.06. The Labute approximate surface area is 114 Å². The molecule has 0 radical (unpaired) electrons. The van der Waals surface area contributed by atoms with E-state index in [0.29, 0.717) is 18.0 Å². The topological polar surface area (TPSA) is 50.7 Å². The van der Waals surface area contributed by atoms with Gasteiger partial charge in [0.2, 0.25) is 0 Å². The van der Waals surface area contributed by atoms with Crippen molar-refractivity contribution in [3.8, 4) is 23.8 Å². The van der Waals surface area contributed by atoms with E-state index >= 15 is 0 Å². The first-order valence-corrected chi connectivity index (χ1v) is 6.32. The highest BCUT2D eigenvalue weighted by Crippen LogP contribution is 2.27. The minimum Gasteiger partial charge on any atom is -0.493 e. The van der Waals surface area contributed by atoms with Crippen LogP contribution in [0.25, 0.3) is 0 Å². The van der Waals surface area contributed by atoms with Crippen LogP contribution in [0.1, 0.15) is 18.9 Å². The average molecular weight is 263 g/mol. The van der Waals surface area contributed by atoms with Crippen molar-refractivity contribution in [2.24, 2.45) is 0 Å². The number of terminal acetylenes is 1. The Morgan fingerprint density at radius 3 is 2.79 bits per heavy atom. The second kappa shape index (κ2) is 8.41. The minimum absolute atomic E-state index is 0.114. The molecule has 104 valence electrons. The summed E-state index contributed by atoms with van der Waals surface area (Å²) in [5.74, 6) is 3.72. The van der Waals surface area contributed by atoms with Gasteiger partial charge in [0.25, 0.3) is 0 Å². The molecule has 4 heteroatoms. The molecular formula is C15H21NO3. The molecule has 1 aromatic rings. The lowest BCUT2D eigenvalue weighted by Crippen LogP contribution is -2.31. The molecule has 0 spiro atoms. The summed E-state index contributed by atoms with van der Waals surface area (Å²) in [7, 11) is 1.60. The van der Waals surface area contributed by atoms with E-state index in [-0.39, 0.29) is 19.3 Å². The second-order valence-electron chi connectivity index (χ2n) is 4.15. The van der Waals surface area contributed by atoms with Crippen molar-refractivity contribution in [3.63, 3.8) is 0 Å². The molecular weight excluding hydrogens is 242 g/mol. The van der Waals surface area contributed by atoms with Gasteiger partial charge < -0.3 is 19.9 Å². The van der Waals surface area contributed by atoms with Crippen molar-refractivity contribution in [1.82, 2.24) is 5.32 Å². The van der Waals surface area contributed by atoms with Gasteiger partial charge in [-0.25, -0.2) is 0 Å². The Morgan fingerprint density at radius 2 is 2.21 bits per heavy atom. The molecule has 0 aliphatic carbocycles. The first-order chi connectivity index (χ1) is 9.24. The fourth-order valence-corrected chi connectivity index (χ4v) is 1.66. The molecule has 19 heavy (non-hydrogen) atoms. The highest BCUT2D eigenvalue weighted by Gasteiger charge is 2.07. The Hall–Kier alpha value is -1.70. The lowest BCUT2D eigenvalue weighted by Gasteiger charge is -2.15. The van der Waals surface area contributed by atoms with Crippen LogP contribution >= 0.6 is 0 Å². The standard InChI is InChI=1S/C15H21NO3/c1-4-8-19-14-7-6-12(9-15(14)18-3)10-16-13(5-2)11-17/h1,6-7,9,13,16-17H,5,8,10-11H2,2-3H3. The molecule has 2 N–H and O–H groups in total. The van der Waals surface area contributed by atoms with E-state index in [9.17, 15) is 0 Å². The maximum Gasteiger partial charge on any atom is 0.162 e. The first kappa shape index (κ1) is 15.4. The quantitative estimate of drug-likeness (QED) is 0.699. The summed E-state index contributed by atoms with van der Waals surface area (Å²) < 4.78 is 10.7. The maximum atomic E-state index is 9.12. The summed E-state index contributed by atoms with van der Waals surface area (Å²) >= 11 is 0. The number of ether oxygens (including phenoxy) is 2. The fraction of sp³-hybridized carbons (Fsp3) is 0.467. The number of nitrogens with one attached hydrogen (secondary N) is 1. The summed E-state index contributed by atoms with van der Waals surface area (Å²) in [5, 5.41) is 12.4. The van der Waals surface area contributed by atoms with Crippen molar-refractivity contribution in [3.05, 3.63) is 23.8 Å². The SMILES string of the molecule is C#CCOc1ccc(CNC(CC)CO)cc1OC. The van der Waals surface area contributed by atoms with E-state index < -0.39 is 0 Å². The molecule has 0 saturated carbocycles. The second-order valence-corrected chi connectivity index (χ2v) is 4.15. The molecule has 0 bridgehead atoms.